The first-order chi connectivity index (χ1) is 12.6. The Labute approximate surface area is 181 Å². The molecule has 0 unspecified atom stereocenters. The van der Waals surface area contributed by atoms with Crippen molar-refractivity contribution in [3.63, 3.8) is 0 Å². The monoisotopic (exact) mass is 495 g/mol. The van der Waals surface area contributed by atoms with Crippen molar-refractivity contribution in [2.45, 2.75) is 39.0 Å². The molecule has 0 aromatic heterocycles. The molecule has 2 N–H and O–H groups in total. The number of nitrogens with one attached hydrogen (secondary N) is 2. The van der Waals surface area contributed by atoms with Gasteiger partial charge in [-0.05, 0) is 32.7 Å². The molecule has 2 fully saturated rings. The van der Waals surface area contributed by atoms with E-state index in [1.807, 2.05) is 14.1 Å². The second kappa shape index (κ2) is 12.8. The van der Waals surface area contributed by atoms with Crippen molar-refractivity contribution < 1.29 is 9.53 Å². The zero-order valence-corrected chi connectivity index (χ0v) is 19.6. The van der Waals surface area contributed by atoms with Crippen molar-refractivity contribution in [1.29, 1.82) is 0 Å². The van der Waals surface area contributed by atoms with Crippen molar-refractivity contribution in [3.8, 4) is 0 Å². The molecule has 1 saturated carbocycles. The quantitative estimate of drug-likeness (QED) is 0.232. The molecule has 2 aliphatic rings. The summed E-state index contributed by atoms with van der Waals surface area (Å²) in [6.45, 7) is 9.19. The van der Waals surface area contributed by atoms with Crippen LogP contribution < -0.4 is 10.6 Å². The van der Waals surface area contributed by atoms with Gasteiger partial charge in [0.25, 0.3) is 0 Å². The van der Waals surface area contributed by atoms with E-state index in [4.69, 9.17) is 9.73 Å². The minimum absolute atomic E-state index is 0. The molecule has 2 rings (SSSR count). The van der Waals surface area contributed by atoms with Gasteiger partial charge in [-0.2, -0.15) is 0 Å². The lowest BCUT2D eigenvalue weighted by Crippen LogP contribution is -2.43. The summed E-state index contributed by atoms with van der Waals surface area (Å²) in [6, 6.07) is 0. The topological polar surface area (TPSA) is 69.2 Å². The van der Waals surface area contributed by atoms with Gasteiger partial charge in [0.05, 0.1) is 25.2 Å². The number of amides is 1. The Morgan fingerprint density at radius 3 is 2.44 bits per heavy atom. The van der Waals surface area contributed by atoms with E-state index in [-0.39, 0.29) is 35.3 Å². The molecule has 0 aromatic rings. The fraction of sp³-hybridized carbons (Fsp3) is 0.895. The van der Waals surface area contributed by atoms with Gasteiger partial charge in [-0.25, -0.2) is 0 Å². The van der Waals surface area contributed by atoms with Crippen LogP contribution in [0.2, 0.25) is 0 Å². The number of halogens is 1. The summed E-state index contributed by atoms with van der Waals surface area (Å²) in [5.41, 5.74) is -0.306. The number of guanidine groups is 1. The molecular weight excluding hydrogens is 457 g/mol. The van der Waals surface area contributed by atoms with Crippen LogP contribution in [0.5, 0.6) is 0 Å². The van der Waals surface area contributed by atoms with Gasteiger partial charge in [-0.15, -0.1) is 24.0 Å². The van der Waals surface area contributed by atoms with E-state index in [1.165, 1.54) is 0 Å². The molecule has 1 saturated heterocycles. The Balaban J connectivity index is 0.00000364. The Hall–Kier alpha value is -0.610. The number of aliphatic imine (C=N–C) groups is 1. The lowest BCUT2D eigenvalue weighted by atomic mass is 9.85. The van der Waals surface area contributed by atoms with Gasteiger partial charge in [-0.1, -0.05) is 12.8 Å². The van der Waals surface area contributed by atoms with Crippen LogP contribution in [-0.2, 0) is 9.53 Å². The predicted octanol–water partition coefficient (Wildman–Crippen LogP) is 1.53. The number of nitrogens with zero attached hydrogens (tertiary/aromatic N) is 3. The number of rotatable bonds is 8. The average molecular weight is 495 g/mol. The Bertz CT molecular complexity index is 461. The highest BCUT2D eigenvalue weighted by atomic mass is 127. The number of carbonyl (C=O) groups excluding carboxylic acids is 1. The van der Waals surface area contributed by atoms with E-state index in [2.05, 4.69) is 22.5 Å². The van der Waals surface area contributed by atoms with Crippen molar-refractivity contribution in [2.75, 3.05) is 66.6 Å². The smallest absolute Gasteiger partial charge is 0.230 e. The maximum absolute atomic E-state index is 12.7. The summed E-state index contributed by atoms with van der Waals surface area (Å²) >= 11 is 0. The van der Waals surface area contributed by atoms with Crippen LogP contribution >= 0.6 is 24.0 Å². The summed E-state index contributed by atoms with van der Waals surface area (Å²) in [4.78, 5) is 21.6. The van der Waals surface area contributed by atoms with Crippen LogP contribution in [0.3, 0.4) is 0 Å². The SMILES string of the molecule is CCNC(=NCC1(C(=O)N(C)C)CCCC1)NCCCN1CCOCC1.I. The summed E-state index contributed by atoms with van der Waals surface area (Å²) in [6.07, 6.45) is 5.22. The Morgan fingerprint density at radius 1 is 1.19 bits per heavy atom. The third kappa shape index (κ3) is 7.73. The molecule has 1 amide bonds. The molecule has 158 valence electrons. The maximum atomic E-state index is 12.7. The highest BCUT2D eigenvalue weighted by Crippen LogP contribution is 2.39. The van der Waals surface area contributed by atoms with E-state index < -0.39 is 0 Å². The minimum Gasteiger partial charge on any atom is -0.379 e. The number of morpholine rings is 1. The normalized spacial score (nSPS) is 20.0. The molecule has 0 aromatic carbocycles. The molecule has 7 nitrogen and oxygen atoms in total. The van der Waals surface area contributed by atoms with Crippen LogP contribution in [0, 0.1) is 5.41 Å². The summed E-state index contributed by atoms with van der Waals surface area (Å²) in [7, 11) is 3.70. The predicted molar refractivity (Wildman–Crippen MR) is 121 cm³/mol. The first-order valence-electron chi connectivity index (χ1n) is 10.1. The van der Waals surface area contributed by atoms with Crippen LogP contribution in [-0.4, -0.2) is 88.2 Å². The lowest BCUT2D eigenvalue weighted by Gasteiger charge is -2.29. The second-order valence-corrected chi connectivity index (χ2v) is 7.62. The van der Waals surface area contributed by atoms with Crippen molar-refractivity contribution in [1.82, 2.24) is 20.4 Å². The minimum atomic E-state index is -0.306. The van der Waals surface area contributed by atoms with E-state index in [0.29, 0.717) is 6.54 Å². The molecule has 8 heteroatoms. The van der Waals surface area contributed by atoms with Gasteiger partial charge in [0.2, 0.25) is 5.91 Å². The van der Waals surface area contributed by atoms with Crippen LogP contribution in [0.1, 0.15) is 39.0 Å². The molecule has 0 radical (unpaired) electrons. The highest BCUT2D eigenvalue weighted by Gasteiger charge is 2.42. The zero-order valence-electron chi connectivity index (χ0n) is 17.3. The van der Waals surface area contributed by atoms with Gasteiger partial charge >= 0.3 is 0 Å². The first-order valence-corrected chi connectivity index (χ1v) is 10.1. The first kappa shape index (κ1) is 24.4. The number of ether oxygens (including phenoxy) is 1. The van der Waals surface area contributed by atoms with Gasteiger partial charge in [0, 0.05) is 40.3 Å². The fourth-order valence-corrected chi connectivity index (χ4v) is 3.87. The number of hydrogen-bond donors (Lipinski definition) is 2. The molecule has 0 bridgehead atoms. The van der Waals surface area contributed by atoms with Gasteiger partial charge in [0.15, 0.2) is 5.96 Å². The van der Waals surface area contributed by atoms with Crippen LogP contribution in [0.25, 0.3) is 0 Å². The standard InChI is InChI=1S/C19H37N5O2.HI/c1-4-20-18(21-10-7-11-24-12-14-26-15-13-24)22-16-19(8-5-6-9-19)17(25)23(2)3;/h4-16H2,1-3H3,(H2,20,21,22);1H. The fourth-order valence-electron chi connectivity index (χ4n) is 3.87. The average Bonchev–Trinajstić information content (AvgIpc) is 3.13. The van der Waals surface area contributed by atoms with E-state index >= 15 is 0 Å². The van der Waals surface area contributed by atoms with E-state index in [1.54, 1.807) is 4.90 Å². The van der Waals surface area contributed by atoms with Gasteiger partial charge < -0.3 is 20.3 Å². The van der Waals surface area contributed by atoms with Crippen LogP contribution in [0.4, 0.5) is 0 Å². The lowest BCUT2D eigenvalue weighted by molar-refractivity contribution is -0.138. The third-order valence-electron chi connectivity index (χ3n) is 5.35. The molecular formula is C19H38IN5O2. The Kier molecular flexibility index (Phi) is 11.6. The largest absolute Gasteiger partial charge is 0.379 e. The molecule has 1 aliphatic carbocycles. The van der Waals surface area contributed by atoms with Gasteiger partial charge in [0.1, 0.15) is 0 Å². The molecule has 0 spiro atoms. The van der Waals surface area contributed by atoms with Crippen LogP contribution in [0.15, 0.2) is 4.99 Å². The summed E-state index contributed by atoms with van der Waals surface area (Å²) in [5.74, 6) is 1.05. The molecule has 1 heterocycles. The number of carbonyl (C=O) groups is 1. The molecule has 1 aliphatic heterocycles. The van der Waals surface area contributed by atoms with Crippen molar-refractivity contribution >= 4 is 35.8 Å². The maximum Gasteiger partial charge on any atom is 0.230 e. The van der Waals surface area contributed by atoms with E-state index in [9.17, 15) is 4.79 Å². The van der Waals surface area contributed by atoms with Gasteiger partial charge in [-0.3, -0.25) is 14.7 Å². The number of hydrogen-bond acceptors (Lipinski definition) is 4. The summed E-state index contributed by atoms with van der Waals surface area (Å²) in [5, 5.41) is 6.74. The molecule has 0 atom stereocenters. The van der Waals surface area contributed by atoms with Crippen molar-refractivity contribution in [2.24, 2.45) is 10.4 Å². The van der Waals surface area contributed by atoms with E-state index in [0.717, 1.165) is 84.0 Å². The highest BCUT2D eigenvalue weighted by molar-refractivity contribution is 14.0. The summed E-state index contributed by atoms with van der Waals surface area (Å²) < 4.78 is 5.38. The zero-order chi connectivity index (χ0) is 18.8. The molecule has 27 heavy (non-hydrogen) atoms. The third-order valence-corrected chi connectivity index (χ3v) is 5.35. The Morgan fingerprint density at radius 2 is 1.85 bits per heavy atom. The second-order valence-electron chi connectivity index (χ2n) is 7.62. The van der Waals surface area contributed by atoms with Crippen molar-refractivity contribution in [3.05, 3.63) is 0 Å².